The summed E-state index contributed by atoms with van der Waals surface area (Å²) in [5, 5.41) is 4.23. The maximum absolute atomic E-state index is 5.91. The van der Waals surface area contributed by atoms with Gasteiger partial charge in [0.25, 0.3) is 0 Å². The third kappa shape index (κ3) is 3.41. The van der Waals surface area contributed by atoms with Crippen LogP contribution in [0.1, 0.15) is 12.0 Å². The average molecular weight is 269 g/mol. The highest BCUT2D eigenvalue weighted by Crippen LogP contribution is 2.33. The van der Waals surface area contributed by atoms with Gasteiger partial charge in [0.1, 0.15) is 0 Å². The van der Waals surface area contributed by atoms with E-state index in [1.54, 1.807) is 0 Å². The number of hydrogen-bond acceptors (Lipinski definition) is 3. The maximum atomic E-state index is 5.91. The Hall–Kier alpha value is -0.640. The van der Waals surface area contributed by atoms with Gasteiger partial charge in [-0.1, -0.05) is 23.7 Å². The zero-order valence-corrected chi connectivity index (χ0v) is 11.7. The average Bonchev–Trinajstić information content (AvgIpc) is 2.75. The van der Waals surface area contributed by atoms with Crippen LogP contribution < -0.4 is 5.32 Å². The summed E-state index contributed by atoms with van der Waals surface area (Å²) in [6.45, 7) is 1.08. The summed E-state index contributed by atoms with van der Waals surface area (Å²) in [6.07, 6.45) is 1.10. The summed E-state index contributed by atoms with van der Waals surface area (Å²) in [5.41, 5.74) is 2.50. The van der Waals surface area contributed by atoms with Crippen LogP contribution in [0.15, 0.2) is 29.2 Å². The molecule has 0 bridgehead atoms. The molecule has 0 aliphatic carbocycles. The van der Waals surface area contributed by atoms with E-state index in [0.29, 0.717) is 0 Å². The first-order valence-electron chi connectivity index (χ1n) is 5.67. The lowest BCUT2D eigenvalue weighted by Crippen LogP contribution is -2.13. The molecule has 0 amide bonds. The van der Waals surface area contributed by atoms with Crippen molar-refractivity contribution in [3.05, 3.63) is 39.8 Å². The second-order valence-electron chi connectivity index (χ2n) is 4.32. The van der Waals surface area contributed by atoms with Crippen molar-refractivity contribution in [2.75, 3.05) is 26.5 Å². The summed E-state index contributed by atoms with van der Waals surface area (Å²) < 4.78 is 0. The van der Waals surface area contributed by atoms with E-state index in [4.69, 9.17) is 11.6 Å². The van der Waals surface area contributed by atoms with Crippen molar-refractivity contribution in [1.82, 2.24) is 10.2 Å². The van der Waals surface area contributed by atoms with Gasteiger partial charge in [0.05, 0.1) is 11.6 Å². The van der Waals surface area contributed by atoms with Gasteiger partial charge in [-0.3, -0.25) is 0 Å². The van der Waals surface area contributed by atoms with Crippen LogP contribution >= 0.6 is 23.4 Å². The van der Waals surface area contributed by atoms with Gasteiger partial charge >= 0.3 is 0 Å². The van der Waals surface area contributed by atoms with Gasteiger partial charge in [-0.25, -0.2) is 0 Å². The minimum Gasteiger partial charge on any atom is -0.375 e. The lowest BCUT2D eigenvalue weighted by atomic mass is 10.1. The van der Waals surface area contributed by atoms with Crippen LogP contribution in [0.2, 0.25) is 5.02 Å². The third-order valence-corrected chi connectivity index (χ3v) is 3.99. The van der Waals surface area contributed by atoms with Crippen molar-refractivity contribution in [3.63, 3.8) is 0 Å². The quantitative estimate of drug-likeness (QED) is 0.902. The summed E-state index contributed by atoms with van der Waals surface area (Å²) in [6, 6.07) is 8.04. The molecule has 0 saturated carbocycles. The Morgan fingerprint density at radius 1 is 1.29 bits per heavy atom. The normalized spacial score (nSPS) is 15.5. The molecule has 1 heterocycles. The number of halogens is 1. The Bertz CT molecular complexity index is 412. The fourth-order valence-corrected chi connectivity index (χ4v) is 2.85. The smallest absolute Gasteiger partial charge is 0.0655 e. The molecule has 17 heavy (non-hydrogen) atoms. The molecule has 1 aromatic rings. The van der Waals surface area contributed by atoms with Gasteiger partial charge in [0, 0.05) is 16.5 Å². The first kappa shape index (κ1) is 12.8. The molecular formula is C13H17ClN2S. The van der Waals surface area contributed by atoms with Gasteiger partial charge in [-0.2, -0.15) is 0 Å². The second-order valence-corrected chi connectivity index (χ2v) is 5.83. The van der Waals surface area contributed by atoms with E-state index in [0.717, 1.165) is 23.9 Å². The monoisotopic (exact) mass is 268 g/mol. The molecule has 2 rings (SSSR count). The van der Waals surface area contributed by atoms with Gasteiger partial charge < -0.3 is 10.2 Å². The highest BCUT2D eigenvalue weighted by Gasteiger charge is 2.16. The predicted octanol–water partition coefficient (Wildman–Crippen LogP) is 3.25. The number of hydrogen-bond donors (Lipinski definition) is 1. The van der Waals surface area contributed by atoms with Gasteiger partial charge in [0.2, 0.25) is 0 Å². The molecular weight excluding hydrogens is 252 g/mol. The van der Waals surface area contributed by atoms with E-state index >= 15 is 0 Å². The van der Waals surface area contributed by atoms with E-state index < -0.39 is 0 Å². The van der Waals surface area contributed by atoms with Gasteiger partial charge in [-0.15, -0.1) is 11.8 Å². The molecule has 4 heteroatoms. The van der Waals surface area contributed by atoms with Crippen LogP contribution in [0.25, 0.3) is 5.70 Å². The van der Waals surface area contributed by atoms with Crippen molar-refractivity contribution in [3.8, 4) is 0 Å². The molecule has 1 aliphatic rings. The van der Waals surface area contributed by atoms with Crippen LogP contribution in [-0.2, 0) is 0 Å². The van der Waals surface area contributed by atoms with Crippen LogP contribution in [0.3, 0.4) is 0 Å². The Balaban J connectivity index is 2.16. The van der Waals surface area contributed by atoms with Crippen LogP contribution in [0.5, 0.6) is 0 Å². The van der Waals surface area contributed by atoms with Crippen molar-refractivity contribution >= 4 is 29.1 Å². The van der Waals surface area contributed by atoms with E-state index in [1.807, 2.05) is 23.9 Å². The zero-order valence-electron chi connectivity index (χ0n) is 10.2. The molecule has 1 aromatic carbocycles. The molecule has 0 saturated heterocycles. The highest BCUT2D eigenvalue weighted by atomic mass is 35.5. The van der Waals surface area contributed by atoms with Crippen molar-refractivity contribution in [2.45, 2.75) is 6.42 Å². The minimum absolute atomic E-state index is 0.787. The predicted molar refractivity (Wildman–Crippen MR) is 77.1 cm³/mol. The summed E-state index contributed by atoms with van der Waals surface area (Å²) in [7, 11) is 4.21. The third-order valence-electron chi connectivity index (χ3n) is 2.69. The van der Waals surface area contributed by atoms with Gasteiger partial charge in [-0.05, 0) is 38.2 Å². The first-order chi connectivity index (χ1) is 8.16. The Kier molecular flexibility index (Phi) is 4.37. The summed E-state index contributed by atoms with van der Waals surface area (Å²) >= 11 is 7.81. The first-order valence-corrected chi connectivity index (χ1v) is 7.03. The molecule has 0 spiro atoms. The van der Waals surface area contributed by atoms with Crippen LogP contribution in [-0.4, -0.2) is 31.4 Å². The molecule has 92 valence electrons. The number of nitrogens with zero attached hydrogens (tertiary/aromatic N) is 1. The molecule has 2 nitrogen and oxygen atoms in total. The van der Waals surface area contributed by atoms with Crippen molar-refractivity contribution in [2.24, 2.45) is 0 Å². The Morgan fingerprint density at radius 2 is 2.00 bits per heavy atom. The fourth-order valence-electron chi connectivity index (χ4n) is 1.77. The fraction of sp³-hybridized carbons (Fsp3) is 0.385. The van der Waals surface area contributed by atoms with Crippen LogP contribution in [0.4, 0.5) is 0 Å². The van der Waals surface area contributed by atoms with Crippen molar-refractivity contribution in [1.29, 1.82) is 0 Å². The second kappa shape index (κ2) is 5.80. The van der Waals surface area contributed by atoms with Crippen molar-refractivity contribution < 1.29 is 0 Å². The maximum Gasteiger partial charge on any atom is 0.0655 e. The zero-order chi connectivity index (χ0) is 12.3. The molecule has 0 fully saturated rings. The Labute approximate surface area is 112 Å². The number of rotatable bonds is 4. The topological polar surface area (TPSA) is 15.3 Å². The minimum atomic E-state index is 0.787. The van der Waals surface area contributed by atoms with E-state index in [9.17, 15) is 0 Å². The molecule has 0 radical (unpaired) electrons. The Morgan fingerprint density at radius 3 is 2.65 bits per heavy atom. The van der Waals surface area contributed by atoms with E-state index in [-0.39, 0.29) is 0 Å². The lowest BCUT2D eigenvalue weighted by Gasteiger charge is -2.11. The van der Waals surface area contributed by atoms with E-state index in [2.05, 4.69) is 36.4 Å². The van der Waals surface area contributed by atoms with E-state index in [1.165, 1.54) is 16.2 Å². The molecule has 0 unspecified atom stereocenters. The largest absolute Gasteiger partial charge is 0.375 e. The standard InChI is InChI=1S/C13H17ClN2S/c1-16(2)8-7-12-13(15-9-17-12)10-3-5-11(14)6-4-10/h3-6,15H,7-9H2,1-2H3. The molecule has 0 aromatic heterocycles. The SMILES string of the molecule is CN(C)CCC1=C(c2ccc(Cl)cc2)NCS1. The number of thioether (sulfide) groups is 1. The molecule has 1 aliphatic heterocycles. The highest BCUT2D eigenvalue weighted by molar-refractivity contribution is 8.03. The molecule has 0 atom stereocenters. The van der Waals surface area contributed by atoms with Crippen LogP contribution in [0, 0.1) is 0 Å². The lowest BCUT2D eigenvalue weighted by molar-refractivity contribution is 0.416. The summed E-state index contributed by atoms with van der Waals surface area (Å²) in [5.74, 6) is 0.973. The van der Waals surface area contributed by atoms with Gasteiger partial charge in [0.15, 0.2) is 0 Å². The molecule has 1 N–H and O–H groups in total. The summed E-state index contributed by atoms with van der Waals surface area (Å²) in [4.78, 5) is 3.66. The number of nitrogens with one attached hydrogen (secondary N) is 1. The number of benzene rings is 1.